The SMILES string of the molecule is COc1ccc(S(=O)(=O)Nc2cc(Cl)c(Cl)cc2Cl)cc1C(=O)N1CCC(C)CC1. The molecule has 1 fully saturated rings. The van der Waals surface area contributed by atoms with Crippen LogP contribution in [0.3, 0.4) is 0 Å². The number of anilines is 1. The van der Waals surface area contributed by atoms with Crippen LogP contribution in [-0.2, 0) is 10.0 Å². The lowest BCUT2D eigenvalue weighted by atomic mass is 9.98. The first-order valence-electron chi connectivity index (χ1n) is 9.27. The van der Waals surface area contributed by atoms with Gasteiger partial charge in [-0.05, 0) is 49.1 Å². The Hall–Kier alpha value is -1.67. The lowest BCUT2D eigenvalue weighted by Crippen LogP contribution is -2.38. The highest BCUT2D eigenvalue weighted by atomic mass is 35.5. The molecule has 0 aliphatic carbocycles. The fourth-order valence-corrected chi connectivity index (χ4v) is 4.95. The van der Waals surface area contributed by atoms with Gasteiger partial charge in [-0.1, -0.05) is 41.7 Å². The van der Waals surface area contributed by atoms with Gasteiger partial charge in [0.1, 0.15) is 5.75 Å². The van der Waals surface area contributed by atoms with Crippen molar-refractivity contribution in [2.24, 2.45) is 5.92 Å². The molecule has 0 aromatic heterocycles. The van der Waals surface area contributed by atoms with E-state index in [1.165, 1.54) is 37.4 Å². The van der Waals surface area contributed by atoms with E-state index in [0.29, 0.717) is 24.8 Å². The second kappa shape index (κ2) is 9.22. The number of nitrogens with zero attached hydrogens (tertiary/aromatic N) is 1. The van der Waals surface area contributed by atoms with Crippen LogP contribution in [0.1, 0.15) is 30.1 Å². The summed E-state index contributed by atoms with van der Waals surface area (Å²) in [4.78, 5) is 14.7. The zero-order valence-corrected chi connectivity index (χ0v) is 19.5. The largest absolute Gasteiger partial charge is 0.496 e. The lowest BCUT2D eigenvalue weighted by molar-refractivity contribution is 0.0693. The molecule has 2 aromatic carbocycles. The third kappa shape index (κ3) is 4.97. The Morgan fingerprint density at radius 2 is 1.70 bits per heavy atom. The third-order valence-electron chi connectivity index (χ3n) is 5.04. The number of sulfonamides is 1. The molecule has 1 saturated heterocycles. The molecule has 0 saturated carbocycles. The lowest BCUT2D eigenvalue weighted by Gasteiger charge is -2.30. The summed E-state index contributed by atoms with van der Waals surface area (Å²) in [5, 5.41) is 0.460. The van der Waals surface area contributed by atoms with Crippen molar-refractivity contribution < 1.29 is 17.9 Å². The normalized spacial score (nSPS) is 15.2. The Labute approximate surface area is 191 Å². The maximum absolute atomic E-state index is 13.0. The van der Waals surface area contributed by atoms with Crippen LogP contribution >= 0.6 is 34.8 Å². The summed E-state index contributed by atoms with van der Waals surface area (Å²) in [6, 6.07) is 6.82. The maximum atomic E-state index is 13.0. The highest BCUT2D eigenvalue weighted by molar-refractivity contribution is 7.92. The fourth-order valence-electron chi connectivity index (χ4n) is 3.21. The number of hydrogen-bond acceptors (Lipinski definition) is 4. The van der Waals surface area contributed by atoms with E-state index in [1.54, 1.807) is 4.90 Å². The molecule has 1 aliphatic heterocycles. The Kier molecular flexibility index (Phi) is 7.07. The average molecular weight is 492 g/mol. The Balaban J connectivity index is 1.93. The zero-order valence-electron chi connectivity index (χ0n) is 16.4. The number of piperidine rings is 1. The molecule has 3 rings (SSSR count). The van der Waals surface area contributed by atoms with Crippen LogP contribution in [0.15, 0.2) is 35.2 Å². The predicted octanol–water partition coefficient (Wildman–Crippen LogP) is 5.33. The topological polar surface area (TPSA) is 75.7 Å². The molecule has 0 unspecified atom stereocenters. The quantitative estimate of drug-likeness (QED) is 0.574. The van der Waals surface area contributed by atoms with Gasteiger partial charge >= 0.3 is 0 Å². The van der Waals surface area contributed by atoms with E-state index >= 15 is 0 Å². The van der Waals surface area contributed by atoms with Crippen molar-refractivity contribution in [1.82, 2.24) is 4.90 Å². The molecule has 1 N–H and O–H groups in total. The molecule has 0 spiro atoms. The summed E-state index contributed by atoms with van der Waals surface area (Å²) in [6.45, 7) is 3.39. The summed E-state index contributed by atoms with van der Waals surface area (Å²) in [5.74, 6) is 0.608. The molecule has 0 bridgehead atoms. The molecule has 162 valence electrons. The van der Waals surface area contributed by atoms with Gasteiger partial charge in [0, 0.05) is 13.1 Å². The number of carbonyl (C=O) groups excluding carboxylic acids is 1. The number of rotatable bonds is 5. The van der Waals surface area contributed by atoms with E-state index in [-0.39, 0.29) is 37.1 Å². The zero-order chi connectivity index (χ0) is 22.1. The number of amides is 1. The van der Waals surface area contributed by atoms with Crippen LogP contribution in [0.25, 0.3) is 0 Å². The molecule has 1 heterocycles. The van der Waals surface area contributed by atoms with Gasteiger partial charge in [0.2, 0.25) is 0 Å². The van der Waals surface area contributed by atoms with Crippen LogP contribution in [0.2, 0.25) is 15.1 Å². The maximum Gasteiger partial charge on any atom is 0.261 e. The minimum Gasteiger partial charge on any atom is -0.496 e. The highest BCUT2D eigenvalue weighted by Gasteiger charge is 2.26. The van der Waals surface area contributed by atoms with Crippen molar-refractivity contribution in [2.75, 3.05) is 24.9 Å². The number of methoxy groups -OCH3 is 1. The summed E-state index contributed by atoms with van der Waals surface area (Å²) in [7, 11) is -2.61. The Morgan fingerprint density at radius 3 is 2.33 bits per heavy atom. The monoisotopic (exact) mass is 490 g/mol. The van der Waals surface area contributed by atoms with Gasteiger partial charge in [0.05, 0.1) is 38.3 Å². The first-order valence-corrected chi connectivity index (χ1v) is 11.9. The summed E-state index contributed by atoms with van der Waals surface area (Å²) >= 11 is 18.0. The summed E-state index contributed by atoms with van der Waals surface area (Å²) in [5.41, 5.74) is 0.273. The number of benzene rings is 2. The highest BCUT2D eigenvalue weighted by Crippen LogP contribution is 2.34. The van der Waals surface area contributed by atoms with E-state index in [1.807, 2.05) is 0 Å². The van der Waals surface area contributed by atoms with Crippen LogP contribution < -0.4 is 9.46 Å². The smallest absolute Gasteiger partial charge is 0.261 e. The van der Waals surface area contributed by atoms with Gasteiger partial charge < -0.3 is 9.64 Å². The second-order valence-corrected chi connectivity index (χ2v) is 10.1. The van der Waals surface area contributed by atoms with Gasteiger partial charge in [-0.3, -0.25) is 9.52 Å². The van der Waals surface area contributed by atoms with Gasteiger partial charge in [-0.2, -0.15) is 0 Å². The number of carbonyl (C=O) groups is 1. The average Bonchev–Trinajstić information content (AvgIpc) is 2.71. The molecule has 6 nitrogen and oxygen atoms in total. The molecule has 1 amide bonds. The van der Waals surface area contributed by atoms with Crippen LogP contribution in [0, 0.1) is 5.92 Å². The predicted molar refractivity (Wildman–Crippen MR) is 120 cm³/mol. The first kappa shape index (κ1) is 23.0. The standard InChI is InChI=1S/C20H21Cl3N2O4S/c1-12-5-7-25(8-6-12)20(26)14-9-13(3-4-19(14)29-2)30(27,28)24-18-11-16(22)15(21)10-17(18)23/h3-4,9-12,24H,5-8H2,1-2H3. The van der Waals surface area contributed by atoms with Gasteiger partial charge in [0.25, 0.3) is 15.9 Å². The number of hydrogen-bond donors (Lipinski definition) is 1. The van der Waals surface area contributed by atoms with E-state index in [0.717, 1.165) is 12.8 Å². The van der Waals surface area contributed by atoms with Gasteiger partial charge in [0.15, 0.2) is 0 Å². The van der Waals surface area contributed by atoms with Gasteiger partial charge in [-0.25, -0.2) is 8.42 Å². The van der Waals surface area contributed by atoms with E-state index in [9.17, 15) is 13.2 Å². The number of nitrogens with one attached hydrogen (secondary N) is 1. The minimum absolute atomic E-state index is 0.0831. The molecular formula is C20H21Cl3N2O4S. The molecular weight excluding hydrogens is 471 g/mol. The summed E-state index contributed by atoms with van der Waals surface area (Å²) < 4.78 is 33.6. The van der Waals surface area contributed by atoms with Crippen molar-refractivity contribution in [2.45, 2.75) is 24.7 Å². The summed E-state index contributed by atoms with van der Waals surface area (Å²) in [6.07, 6.45) is 1.81. The first-order chi connectivity index (χ1) is 14.1. The van der Waals surface area contributed by atoms with E-state index in [4.69, 9.17) is 39.5 Å². The van der Waals surface area contributed by atoms with Crippen LogP contribution in [0.5, 0.6) is 5.75 Å². The minimum atomic E-state index is -4.05. The fraction of sp³-hybridized carbons (Fsp3) is 0.350. The molecule has 0 radical (unpaired) electrons. The molecule has 0 atom stereocenters. The van der Waals surface area contributed by atoms with Crippen molar-refractivity contribution in [3.63, 3.8) is 0 Å². The van der Waals surface area contributed by atoms with Gasteiger partial charge in [-0.15, -0.1) is 0 Å². The van der Waals surface area contributed by atoms with Crippen molar-refractivity contribution >= 4 is 56.4 Å². The van der Waals surface area contributed by atoms with Crippen molar-refractivity contribution in [3.8, 4) is 5.75 Å². The molecule has 10 heteroatoms. The Morgan fingerprint density at radius 1 is 1.07 bits per heavy atom. The van der Waals surface area contributed by atoms with E-state index < -0.39 is 10.0 Å². The molecule has 30 heavy (non-hydrogen) atoms. The number of likely N-dealkylation sites (tertiary alicyclic amines) is 1. The second-order valence-electron chi connectivity index (χ2n) is 7.19. The van der Waals surface area contributed by atoms with Crippen LogP contribution in [-0.4, -0.2) is 39.4 Å². The van der Waals surface area contributed by atoms with Crippen LogP contribution in [0.4, 0.5) is 5.69 Å². The molecule has 1 aliphatic rings. The number of ether oxygens (including phenoxy) is 1. The molecule has 2 aromatic rings. The van der Waals surface area contributed by atoms with Crippen molar-refractivity contribution in [1.29, 1.82) is 0 Å². The van der Waals surface area contributed by atoms with Crippen molar-refractivity contribution in [3.05, 3.63) is 51.0 Å². The van der Waals surface area contributed by atoms with E-state index in [2.05, 4.69) is 11.6 Å². The number of halogens is 3. The Bertz CT molecular complexity index is 1070. The third-order valence-corrected chi connectivity index (χ3v) is 7.43.